The van der Waals surface area contributed by atoms with Crippen molar-refractivity contribution in [2.75, 3.05) is 0 Å². The summed E-state index contributed by atoms with van der Waals surface area (Å²) in [5, 5.41) is 3.23. The molecule has 1 fully saturated rings. The van der Waals surface area contributed by atoms with Gasteiger partial charge in [0.1, 0.15) is 0 Å². The van der Waals surface area contributed by atoms with E-state index < -0.39 is 5.41 Å². The van der Waals surface area contributed by atoms with Gasteiger partial charge in [0.25, 0.3) is 0 Å². The van der Waals surface area contributed by atoms with E-state index in [1.807, 2.05) is 6.07 Å². The van der Waals surface area contributed by atoms with Crippen molar-refractivity contribution < 1.29 is 4.79 Å². The Hall–Kier alpha value is -1.42. The molecule has 0 radical (unpaired) electrons. The van der Waals surface area contributed by atoms with Gasteiger partial charge >= 0.3 is 0 Å². The second-order valence-electron chi connectivity index (χ2n) is 6.27. The van der Waals surface area contributed by atoms with Crippen molar-refractivity contribution in [2.45, 2.75) is 51.0 Å². The molecule has 0 aromatic heterocycles. The molecule has 1 amide bonds. The van der Waals surface area contributed by atoms with E-state index in [9.17, 15) is 4.79 Å². The SMILES string of the molecule is NC(=S)C1(C(=O)NC2CCCc3ccccc32)CCCC1. The number of rotatable bonds is 3. The van der Waals surface area contributed by atoms with Crippen molar-refractivity contribution in [2.24, 2.45) is 11.1 Å². The van der Waals surface area contributed by atoms with Gasteiger partial charge < -0.3 is 11.1 Å². The van der Waals surface area contributed by atoms with Crippen LogP contribution >= 0.6 is 12.2 Å². The lowest BCUT2D eigenvalue weighted by Crippen LogP contribution is -2.48. The van der Waals surface area contributed by atoms with Gasteiger partial charge in [0, 0.05) is 0 Å². The second-order valence-corrected chi connectivity index (χ2v) is 6.71. The van der Waals surface area contributed by atoms with Gasteiger partial charge in [0.15, 0.2) is 0 Å². The average Bonchev–Trinajstić information content (AvgIpc) is 2.98. The van der Waals surface area contributed by atoms with Crippen LogP contribution in [-0.4, -0.2) is 10.9 Å². The highest BCUT2D eigenvalue weighted by Gasteiger charge is 2.44. The van der Waals surface area contributed by atoms with Crippen molar-refractivity contribution in [3.8, 4) is 0 Å². The van der Waals surface area contributed by atoms with Crippen molar-refractivity contribution in [1.29, 1.82) is 0 Å². The molecule has 1 saturated carbocycles. The molecule has 21 heavy (non-hydrogen) atoms. The second kappa shape index (κ2) is 5.76. The van der Waals surface area contributed by atoms with E-state index in [2.05, 4.69) is 23.5 Å². The van der Waals surface area contributed by atoms with Crippen LogP contribution in [0.25, 0.3) is 0 Å². The fourth-order valence-electron chi connectivity index (χ4n) is 3.76. The Bertz CT molecular complexity index is 564. The molecule has 2 aliphatic rings. The van der Waals surface area contributed by atoms with Crippen LogP contribution in [0.4, 0.5) is 0 Å². The first-order chi connectivity index (χ1) is 10.1. The molecule has 112 valence electrons. The lowest BCUT2D eigenvalue weighted by molar-refractivity contribution is -0.128. The third-order valence-electron chi connectivity index (χ3n) is 5.04. The zero-order valence-corrected chi connectivity index (χ0v) is 13.0. The number of carbonyl (C=O) groups is 1. The lowest BCUT2D eigenvalue weighted by Gasteiger charge is -2.32. The van der Waals surface area contributed by atoms with Crippen LogP contribution < -0.4 is 11.1 Å². The quantitative estimate of drug-likeness (QED) is 0.844. The monoisotopic (exact) mass is 302 g/mol. The predicted molar refractivity (Wildman–Crippen MR) is 88.0 cm³/mol. The van der Waals surface area contributed by atoms with E-state index in [-0.39, 0.29) is 11.9 Å². The maximum absolute atomic E-state index is 12.8. The summed E-state index contributed by atoms with van der Waals surface area (Å²) in [4.78, 5) is 13.2. The van der Waals surface area contributed by atoms with E-state index in [1.165, 1.54) is 11.1 Å². The first kappa shape index (κ1) is 14.5. The minimum atomic E-state index is -0.609. The number of carbonyl (C=O) groups excluding carboxylic acids is 1. The molecule has 1 atom stereocenters. The summed E-state index contributed by atoms with van der Waals surface area (Å²) in [6.45, 7) is 0. The zero-order valence-electron chi connectivity index (χ0n) is 12.2. The fourth-order valence-corrected chi connectivity index (χ4v) is 4.06. The molecular weight excluding hydrogens is 280 g/mol. The molecule has 0 heterocycles. The number of amides is 1. The van der Waals surface area contributed by atoms with Gasteiger partial charge in [-0.05, 0) is 43.2 Å². The van der Waals surface area contributed by atoms with Gasteiger partial charge in [-0.25, -0.2) is 0 Å². The molecule has 4 heteroatoms. The lowest BCUT2D eigenvalue weighted by atomic mass is 9.83. The van der Waals surface area contributed by atoms with Gasteiger partial charge in [0.2, 0.25) is 5.91 Å². The van der Waals surface area contributed by atoms with Crippen LogP contribution in [0.2, 0.25) is 0 Å². The summed E-state index contributed by atoms with van der Waals surface area (Å²) in [7, 11) is 0. The Morgan fingerprint density at radius 1 is 1.24 bits per heavy atom. The summed E-state index contributed by atoms with van der Waals surface area (Å²) in [5.74, 6) is 0.0363. The third-order valence-corrected chi connectivity index (χ3v) is 5.43. The molecule has 0 aliphatic heterocycles. The summed E-state index contributed by atoms with van der Waals surface area (Å²) in [6.07, 6.45) is 6.87. The number of thiocarbonyl (C=S) groups is 1. The van der Waals surface area contributed by atoms with E-state index >= 15 is 0 Å². The first-order valence-electron chi connectivity index (χ1n) is 7.82. The standard InChI is InChI=1S/C17H22N2OS/c18-15(21)17(10-3-4-11-17)16(20)19-14-9-5-7-12-6-1-2-8-13(12)14/h1-2,6,8,14H,3-5,7,9-11H2,(H2,18,21)(H,19,20). The van der Waals surface area contributed by atoms with Crippen LogP contribution in [0, 0.1) is 5.41 Å². The van der Waals surface area contributed by atoms with Crippen molar-refractivity contribution in [3.05, 3.63) is 35.4 Å². The van der Waals surface area contributed by atoms with E-state index in [4.69, 9.17) is 18.0 Å². The highest BCUT2D eigenvalue weighted by molar-refractivity contribution is 7.80. The predicted octanol–water partition coefficient (Wildman–Crippen LogP) is 3.03. The molecule has 0 spiro atoms. The molecule has 3 rings (SSSR count). The van der Waals surface area contributed by atoms with Gasteiger partial charge in [0.05, 0.1) is 16.4 Å². The fraction of sp³-hybridized carbons (Fsp3) is 0.529. The minimum Gasteiger partial charge on any atom is -0.392 e. The largest absolute Gasteiger partial charge is 0.392 e. The molecule has 1 aromatic rings. The molecule has 1 aromatic carbocycles. The van der Waals surface area contributed by atoms with Crippen LogP contribution in [0.5, 0.6) is 0 Å². The number of hydrogen-bond donors (Lipinski definition) is 2. The van der Waals surface area contributed by atoms with Crippen molar-refractivity contribution >= 4 is 23.1 Å². The average molecular weight is 302 g/mol. The molecule has 0 saturated heterocycles. The smallest absolute Gasteiger partial charge is 0.233 e. The van der Waals surface area contributed by atoms with Gasteiger partial charge in [-0.3, -0.25) is 4.79 Å². The number of nitrogens with two attached hydrogens (primary N) is 1. The summed E-state index contributed by atoms with van der Waals surface area (Å²) >= 11 is 5.21. The van der Waals surface area contributed by atoms with E-state index in [0.29, 0.717) is 4.99 Å². The van der Waals surface area contributed by atoms with Crippen molar-refractivity contribution in [1.82, 2.24) is 5.32 Å². The zero-order chi connectivity index (χ0) is 14.9. The maximum atomic E-state index is 12.8. The van der Waals surface area contributed by atoms with Crippen LogP contribution in [0.3, 0.4) is 0 Å². The summed E-state index contributed by atoms with van der Waals surface area (Å²) < 4.78 is 0. The van der Waals surface area contributed by atoms with Gasteiger partial charge in [-0.1, -0.05) is 49.3 Å². The van der Waals surface area contributed by atoms with Crippen LogP contribution in [0.15, 0.2) is 24.3 Å². The van der Waals surface area contributed by atoms with Gasteiger partial charge in [-0.15, -0.1) is 0 Å². The van der Waals surface area contributed by atoms with Crippen LogP contribution in [0.1, 0.15) is 55.7 Å². The number of benzene rings is 1. The molecule has 3 nitrogen and oxygen atoms in total. The molecule has 3 N–H and O–H groups in total. The van der Waals surface area contributed by atoms with Gasteiger partial charge in [-0.2, -0.15) is 0 Å². The Labute approximate surface area is 131 Å². The summed E-state index contributed by atoms with van der Waals surface area (Å²) in [5.41, 5.74) is 7.90. The topological polar surface area (TPSA) is 55.1 Å². The van der Waals surface area contributed by atoms with E-state index in [0.717, 1.165) is 44.9 Å². The Kier molecular flexibility index (Phi) is 3.98. The van der Waals surface area contributed by atoms with Crippen molar-refractivity contribution in [3.63, 3.8) is 0 Å². The maximum Gasteiger partial charge on any atom is 0.233 e. The molecular formula is C17H22N2OS. The molecule has 2 aliphatic carbocycles. The Balaban J connectivity index is 1.81. The summed E-state index contributed by atoms with van der Waals surface area (Å²) in [6, 6.07) is 8.50. The number of fused-ring (bicyclic) bond motifs is 1. The highest BCUT2D eigenvalue weighted by atomic mass is 32.1. The minimum absolute atomic E-state index is 0.0363. The molecule has 1 unspecified atom stereocenters. The third kappa shape index (κ3) is 2.57. The molecule has 0 bridgehead atoms. The van der Waals surface area contributed by atoms with E-state index in [1.54, 1.807) is 0 Å². The number of hydrogen-bond acceptors (Lipinski definition) is 2. The Morgan fingerprint density at radius 2 is 1.95 bits per heavy atom. The van der Waals surface area contributed by atoms with Crippen LogP contribution in [-0.2, 0) is 11.2 Å². The highest BCUT2D eigenvalue weighted by Crippen LogP contribution is 2.40. The number of nitrogens with one attached hydrogen (secondary N) is 1. The normalized spacial score (nSPS) is 23.3. The number of aryl methyl sites for hydroxylation is 1. The Morgan fingerprint density at radius 3 is 2.67 bits per heavy atom. The first-order valence-corrected chi connectivity index (χ1v) is 8.23.